The Morgan fingerprint density at radius 1 is 1.42 bits per heavy atom. The molecule has 8 heteroatoms. The molecule has 1 heterocycles. The zero-order valence-corrected chi connectivity index (χ0v) is 14.6. The number of rotatable bonds is 5. The quantitative estimate of drug-likeness (QED) is 0.645. The van der Waals surface area contributed by atoms with Crippen LogP contribution in [0.2, 0.25) is 0 Å². The number of carbonyl (C=O) groups excluding carboxylic acids is 1. The molecule has 2 unspecified atom stereocenters. The number of phenols is 1. The molecule has 1 amide bonds. The lowest BCUT2D eigenvalue weighted by Crippen LogP contribution is -2.34. The molecular formula is C18H21N3O5. The molecule has 2 atom stereocenters. The van der Waals surface area contributed by atoms with Crippen molar-refractivity contribution in [1.29, 1.82) is 0 Å². The number of aliphatic carboxylic acids is 1. The lowest BCUT2D eigenvalue weighted by molar-refractivity contribution is -0.139. The van der Waals surface area contributed by atoms with E-state index in [9.17, 15) is 19.8 Å². The number of aromatic amines is 1. The number of benzene rings is 1. The Morgan fingerprint density at radius 2 is 2.19 bits per heavy atom. The van der Waals surface area contributed by atoms with Gasteiger partial charge in [0, 0.05) is 11.3 Å². The second-order valence-electron chi connectivity index (χ2n) is 6.55. The number of fused-ring (bicyclic) bond motifs is 1. The highest BCUT2D eigenvalue weighted by Gasteiger charge is 2.29. The number of carboxylic acid groups (broad SMARTS) is 1. The van der Waals surface area contributed by atoms with E-state index in [-0.39, 0.29) is 22.8 Å². The highest BCUT2D eigenvalue weighted by molar-refractivity contribution is 5.96. The molecule has 1 aromatic carbocycles. The van der Waals surface area contributed by atoms with E-state index in [0.717, 1.165) is 30.5 Å². The summed E-state index contributed by atoms with van der Waals surface area (Å²) in [5, 5.41) is 28.8. The van der Waals surface area contributed by atoms with Gasteiger partial charge in [0.15, 0.2) is 23.2 Å². The van der Waals surface area contributed by atoms with E-state index in [1.807, 2.05) is 0 Å². The minimum Gasteiger partial charge on any atom is -0.504 e. The van der Waals surface area contributed by atoms with E-state index >= 15 is 0 Å². The second kappa shape index (κ2) is 7.07. The summed E-state index contributed by atoms with van der Waals surface area (Å²) in [6, 6.07) is 2.89. The van der Waals surface area contributed by atoms with Crippen LogP contribution in [0.15, 0.2) is 18.2 Å². The minimum atomic E-state index is -1.31. The van der Waals surface area contributed by atoms with Gasteiger partial charge in [-0.2, -0.15) is 5.10 Å². The number of aromatic nitrogens is 2. The summed E-state index contributed by atoms with van der Waals surface area (Å²) in [4.78, 5) is 24.3. The van der Waals surface area contributed by atoms with Gasteiger partial charge in [-0.25, -0.2) is 4.79 Å². The standard InChI is InChI=1S/C18H21N3O5/c1-9-3-5-12-11(7-9)16(21-20-12)17(23)19-15(18(24)25)10-4-6-14(26-2)13(22)8-10/h4,6,8-9,15,22H,3,5,7H2,1-2H3,(H,19,23)(H,20,21)(H,24,25). The van der Waals surface area contributed by atoms with Crippen LogP contribution in [0.3, 0.4) is 0 Å². The van der Waals surface area contributed by atoms with Crippen LogP contribution in [0.25, 0.3) is 0 Å². The third kappa shape index (κ3) is 3.35. The van der Waals surface area contributed by atoms with Gasteiger partial charge in [-0.1, -0.05) is 13.0 Å². The fraction of sp³-hybridized carbons (Fsp3) is 0.389. The molecule has 0 fully saturated rings. The van der Waals surface area contributed by atoms with Crippen LogP contribution in [0, 0.1) is 5.92 Å². The first kappa shape index (κ1) is 17.8. The normalized spacial score (nSPS) is 17.2. The number of hydrogen-bond acceptors (Lipinski definition) is 5. The van der Waals surface area contributed by atoms with E-state index in [2.05, 4.69) is 22.4 Å². The predicted octanol–water partition coefficient (Wildman–Crippen LogP) is 1.80. The van der Waals surface area contributed by atoms with Gasteiger partial charge in [0.05, 0.1) is 7.11 Å². The first-order chi connectivity index (χ1) is 12.4. The monoisotopic (exact) mass is 359 g/mol. The van der Waals surface area contributed by atoms with Gasteiger partial charge in [0.25, 0.3) is 5.91 Å². The molecule has 3 rings (SSSR count). The van der Waals surface area contributed by atoms with Gasteiger partial charge in [-0.05, 0) is 42.9 Å². The molecule has 0 spiro atoms. The molecular weight excluding hydrogens is 338 g/mol. The number of aryl methyl sites for hydroxylation is 1. The second-order valence-corrected chi connectivity index (χ2v) is 6.55. The van der Waals surface area contributed by atoms with Crippen molar-refractivity contribution in [3.8, 4) is 11.5 Å². The summed E-state index contributed by atoms with van der Waals surface area (Å²) in [5.74, 6) is -1.32. The molecule has 1 aliphatic carbocycles. The summed E-state index contributed by atoms with van der Waals surface area (Å²) in [6.07, 6.45) is 2.58. The van der Waals surface area contributed by atoms with Gasteiger partial charge in [-0.3, -0.25) is 9.89 Å². The Labute approximate surface area is 150 Å². The SMILES string of the molecule is COc1ccc(C(NC(=O)c2n[nH]c3c2CC(C)CC3)C(=O)O)cc1O. The van der Waals surface area contributed by atoms with Crippen molar-refractivity contribution in [3.63, 3.8) is 0 Å². The number of ether oxygens (including phenoxy) is 1. The maximum atomic E-state index is 12.6. The van der Waals surface area contributed by atoms with Crippen LogP contribution in [0.1, 0.15) is 46.7 Å². The smallest absolute Gasteiger partial charge is 0.330 e. The van der Waals surface area contributed by atoms with Crippen LogP contribution < -0.4 is 10.1 Å². The molecule has 1 aromatic heterocycles. The van der Waals surface area contributed by atoms with E-state index in [0.29, 0.717) is 5.92 Å². The number of methoxy groups -OCH3 is 1. The summed E-state index contributed by atoms with van der Waals surface area (Å²) >= 11 is 0. The van der Waals surface area contributed by atoms with E-state index in [1.54, 1.807) is 0 Å². The molecule has 1 aliphatic rings. The number of H-pyrrole nitrogens is 1. The number of amides is 1. The van der Waals surface area contributed by atoms with Crippen LogP contribution >= 0.6 is 0 Å². The number of nitrogens with zero attached hydrogens (tertiary/aromatic N) is 1. The predicted molar refractivity (Wildman–Crippen MR) is 92.3 cm³/mol. The Hall–Kier alpha value is -3.03. The summed E-state index contributed by atoms with van der Waals surface area (Å²) in [7, 11) is 1.40. The van der Waals surface area contributed by atoms with Gasteiger partial charge in [0.1, 0.15) is 0 Å². The summed E-state index contributed by atoms with van der Waals surface area (Å²) in [5.41, 5.74) is 2.25. The molecule has 0 saturated heterocycles. The summed E-state index contributed by atoms with van der Waals surface area (Å²) in [6.45, 7) is 2.11. The zero-order chi connectivity index (χ0) is 18.8. The fourth-order valence-electron chi connectivity index (χ4n) is 3.23. The Bertz CT molecular complexity index is 845. The van der Waals surface area contributed by atoms with Gasteiger partial charge in [0.2, 0.25) is 0 Å². The van der Waals surface area contributed by atoms with Crippen LogP contribution in [-0.4, -0.2) is 39.4 Å². The third-order valence-electron chi connectivity index (χ3n) is 4.67. The Morgan fingerprint density at radius 3 is 2.85 bits per heavy atom. The molecule has 4 N–H and O–H groups in total. The van der Waals surface area contributed by atoms with Crippen molar-refractivity contribution in [1.82, 2.24) is 15.5 Å². The van der Waals surface area contributed by atoms with Crippen LogP contribution in [-0.2, 0) is 17.6 Å². The molecule has 2 aromatic rings. The van der Waals surface area contributed by atoms with Gasteiger partial charge < -0.3 is 20.3 Å². The average Bonchev–Trinajstić information content (AvgIpc) is 3.02. The topological polar surface area (TPSA) is 125 Å². The van der Waals surface area contributed by atoms with E-state index < -0.39 is 17.9 Å². The Kier molecular flexibility index (Phi) is 4.83. The number of hydrogen-bond donors (Lipinski definition) is 4. The van der Waals surface area contributed by atoms with Crippen molar-refractivity contribution >= 4 is 11.9 Å². The van der Waals surface area contributed by atoms with Crippen molar-refractivity contribution < 1.29 is 24.5 Å². The molecule has 138 valence electrons. The van der Waals surface area contributed by atoms with Crippen LogP contribution in [0.5, 0.6) is 11.5 Å². The highest BCUT2D eigenvalue weighted by Crippen LogP contribution is 2.30. The van der Waals surface area contributed by atoms with Gasteiger partial charge >= 0.3 is 5.97 Å². The number of phenolic OH excluding ortho intramolecular Hbond substituents is 1. The van der Waals surface area contributed by atoms with Crippen molar-refractivity contribution in [2.75, 3.05) is 7.11 Å². The number of aromatic hydroxyl groups is 1. The zero-order valence-electron chi connectivity index (χ0n) is 14.6. The first-order valence-electron chi connectivity index (χ1n) is 8.37. The fourth-order valence-corrected chi connectivity index (χ4v) is 3.23. The van der Waals surface area contributed by atoms with Crippen molar-refractivity contribution in [3.05, 3.63) is 40.7 Å². The van der Waals surface area contributed by atoms with E-state index in [4.69, 9.17) is 4.74 Å². The molecule has 0 saturated carbocycles. The molecule has 0 aliphatic heterocycles. The van der Waals surface area contributed by atoms with Crippen LogP contribution in [0.4, 0.5) is 0 Å². The number of carbonyl (C=O) groups is 2. The lowest BCUT2D eigenvalue weighted by atomic mass is 9.87. The van der Waals surface area contributed by atoms with E-state index in [1.165, 1.54) is 25.3 Å². The molecule has 0 bridgehead atoms. The average molecular weight is 359 g/mol. The highest BCUT2D eigenvalue weighted by atomic mass is 16.5. The van der Waals surface area contributed by atoms with Gasteiger partial charge in [-0.15, -0.1) is 0 Å². The lowest BCUT2D eigenvalue weighted by Gasteiger charge is -2.19. The minimum absolute atomic E-state index is 0.198. The molecule has 26 heavy (non-hydrogen) atoms. The summed E-state index contributed by atoms with van der Waals surface area (Å²) < 4.78 is 4.95. The maximum absolute atomic E-state index is 12.6. The van der Waals surface area contributed by atoms with Crippen molar-refractivity contribution in [2.45, 2.75) is 32.2 Å². The number of nitrogens with one attached hydrogen (secondary N) is 2. The molecule has 0 radical (unpaired) electrons. The third-order valence-corrected chi connectivity index (χ3v) is 4.67. The first-order valence-corrected chi connectivity index (χ1v) is 8.37. The largest absolute Gasteiger partial charge is 0.504 e. The Balaban J connectivity index is 1.85. The maximum Gasteiger partial charge on any atom is 0.330 e. The number of carboxylic acids is 1. The molecule has 8 nitrogen and oxygen atoms in total. The van der Waals surface area contributed by atoms with Crippen molar-refractivity contribution in [2.24, 2.45) is 5.92 Å².